The minimum absolute atomic E-state index is 0.123. The number of rotatable bonds is 3. The van der Waals surface area contributed by atoms with Crippen LogP contribution in [-0.4, -0.2) is 49.1 Å². The maximum Gasteiger partial charge on any atom is 0.322 e. The number of hydrogen-bond donors (Lipinski definition) is 3. The average molecular weight is 366 g/mol. The molecular formula is C15H18N4O5S. The Bertz CT molecular complexity index is 843. The van der Waals surface area contributed by atoms with Crippen LogP contribution in [-0.2, 0) is 14.6 Å². The summed E-state index contributed by atoms with van der Waals surface area (Å²) in [5, 5.41) is 7.65. The zero-order valence-corrected chi connectivity index (χ0v) is 14.4. The quantitative estimate of drug-likeness (QED) is 0.631. The van der Waals surface area contributed by atoms with Crippen molar-refractivity contribution in [3.05, 3.63) is 24.0 Å². The molecule has 0 atom stereocenters. The highest BCUT2D eigenvalue weighted by molar-refractivity contribution is 7.90. The summed E-state index contributed by atoms with van der Waals surface area (Å²) in [6.45, 7) is 0. The molecule has 2 heterocycles. The van der Waals surface area contributed by atoms with Crippen molar-refractivity contribution < 1.29 is 22.8 Å². The van der Waals surface area contributed by atoms with Crippen molar-refractivity contribution in [2.45, 2.75) is 42.2 Å². The average Bonchev–Trinajstić information content (AvgIpc) is 2.82. The molecule has 2 fully saturated rings. The molecule has 3 N–H and O–H groups in total. The van der Waals surface area contributed by atoms with Gasteiger partial charge in [0.05, 0.1) is 4.90 Å². The molecule has 1 aliphatic carbocycles. The van der Waals surface area contributed by atoms with Gasteiger partial charge >= 0.3 is 6.03 Å². The summed E-state index contributed by atoms with van der Waals surface area (Å²) in [4.78, 5) is 39.4. The largest absolute Gasteiger partial charge is 0.348 e. The summed E-state index contributed by atoms with van der Waals surface area (Å²) in [5.41, 5.74) is -1.04. The Morgan fingerprint density at radius 3 is 2.56 bits per heavy atom. The number of urea groups is 1. The number of amides is 4. The van der Waals surface area contributed by atoms with Crippen LogP contribution >= 0.6 is 0 Å². The number of imide groups is 1. The van der Waals surface area contributed by atoms with Crippen molar-refractivity contribution in [2.24, 2.45) is 0 Å². The Morgan fingerprint density at radius 2 is 2.00 bits per heavy atom. The van der Waals surface area contributed by atoms with E-state index in [-0.39, 0.29) is 22.5 Å². The highest BCUT2D eigenvalue weighted by atomic mass is 32.2. The van der Waals surface area contributed by atoms with Gasteiger partial charge in [-0.15, -0.1) is 0 Å². The van der Waals surface area contributed by atoms with E-state index < -0.39 is 27.3 Å². The molecule has 4 amide bonds. The fourth-order valence-electron chi connectivity index (χ4n) is 3.25. The maximum atomic E-state index is 12.4. The van der Waals surface area contributed by atoms with Gasteiger partial charge in [-0.2, -0.15) is 0 Å². The second-order valence-electron chi connectivity index (χ2n) is 6.36. The van der Waals surface area contributed by atoms with E-state index in [4.69, 9.17) is 0 Å². The molecule has 1 saturated carbocycles. The van der Waals surface area contributed by atoms with Crippen LogP contribution in [0.5, 0.6) is 0 Å². The third-order valence-corrected chi connectivity index (χ3v) is 5.70. The molecule has 0 bridgehead atoms. The van der Waals surface area contributed by atoms with Gasteiger partial charge < -0.3 is 10.6 Å². The van der Waals surface area contributed by atoms with E-state index in [0.29, 0.717) is 25.7 Å². The normalized spacial score (nSPS) is 26.2. The topological polar surface area (TPSA) is 134 Å². The van der Waals surface area contributed by atoms with Gasteiger partial charge in [0, 0.05) is 18.5 Å². The zero-order chi connectivity index (χ0) is 18.2. The van der Waals surface area contributed by atoms with Gasteiger partial charge in [-0.25, -0.2) is 18.2 Å². The summed E-state index contributed by atoms with van der Waals surface area (Å²) in [6, 6.07) is 2.07. The Morgan fingerprint density at radius 1 is 1.32 bits per heavy atom. The molecule has 2 aliphatic rings. The second-order valence-corrected chi connectivity index (χ2v) is 8.34. The van der Waals surface area contributed by atoms with E-state index in [1.54, 1.807) is 0 Å². The molecule has 0 radical (unpaired) electrons. The van der Waals surface area contributed by atoms with E-state index in [0.717, 1.165) is 6.26 Å². The van der Waals surface area contributed by atoms with Crippen LogP contribution < -0.4 is 16.0 Å². The van der Waals surface area contributed by atoms with E-state index >= 15 is 0 Å². The number of nitrogens with zero attached hydrogens (tertiary/aromatic N) is 1. The minimum Gasteiger partial charge on any atom is -0.348 e. The van der Waals surface area contributed by atoms with E-state index in [9.17, 15) is 22.8 Å². The molecular weight excluding hydrogens is 348 g/mol. The molecule has 1 aromatic rings. The highest BCUT2D eigenvalue weighted by Crippen LogP contribution is 2.31. The number of aromatic nitrogens is 1. The van der Waals surface area contributed by atoms with Gasteiger partial charge in [0.1, 0.15) is 11.2 Å². The van der Waals surface area contributed by atoms with Crippen LogP contribution in [0.15, 0.2) is 23.2 Å². The predicted octanol–water partition coefficient (Wildman–Crippen LogP) is -0.264. The minimum atomic E-state index is -3.57. The first-order valence-corrected chi connectivity index (χ1v) is 9.70. The number of carbonyl (C=O) groups excluding carboxylic acids is 3. The van der Waals surface area contributed by atoms with E-state index in [1.165, 1.54) is 18.3 Å². The fraction of sp³-hybridized carbons (Fsp3) is 0.467. The molecule has 1 aromatic heterocycles. The second kappa shape index (κ2) is 6.10. The number of carbonyl (C=O) groups is 3. The summed E-state index contributed by atoms with van der Waals surface area (Å²) in [7, 11) is -3.57. The van der Waals surface area contributed by atoms with Gasteiger partial charge in [-0.05, 0) is 37.8 Å². The third kappa shape index (κ3) is 3.34. The molecule has 0 unspecified atom stereocenters. The van der Waals surface area contributed by atoms with Crippen LogP contribution in [0.25, 0.3) is 0 Å². The number of nitrogens with one attached hydrogen (secondary N) is 3. The van der Waals surface area contributed by atoms with Crippen LogP contribution in [0.4, 0.5) is 4.79 Å². The lowest BCUT2D eigenvalue weighted by Gasteiger charge is -2.34. The van der Waals surface area contributed by atoms with Gasteiger partial charge in [0.2, 0.25) is 0 Å². The lowest BCUT2D eigenvalue weighted by atomic mass is 9.79. The van der Waals surface area contributed by atoms with Crippen molar-refractivity contribution >= 4 is 27.7 Å². The van der Waals surface area contributed by atoms with E-state index in [2.05, 4.69) is 20.9 Å². The van der Waals surface area contributed by atoms with Crippen molar-refractivity contribution in [3.8, 4) is 0 Å². The van der Waals surface area contributed by atoms with Gasteiger partial charge in [0.25, 0.3) is 11.8 Å². The fourth-order valence-corrected chi connectivity index (χ4v) is 4.07. The third-order valence-electron chi connectivity index (χ3n) is 4.57. The SMILES string of the molecule is CS(=O)(=O)c1cccnc1C(=O)NC1CCC2(CC1)NC(=O)NC2=O. The molecule has 134 valence electrons. The number of pyridine rings is 1. The summed E-state index contributed by atoms with van der Waals surface area (Å²) < 4.78 is 23.6. The van der Waals surface area contributed by atoms with Crippen molar-refractivity contribution in [2.75, 3.05) is 6.26 Å². The molecule has 3 rings (SSSR count). The van der Waals surface area contributed by atoms with Crippen molar-refractivity contribution in [3.63, 3.8) is 0 Å². The standard InChI is InChI=1S/C15H18N4O5S/c1-25(23,24)10-3-2-8-16-11(10)12(20)17-9-4-6-15(7-5-9)13(21)18-14(22)19-15/h2-3,8-9H,4-7H2,1H3,(H,17,20)(H2,18,19,21,22). The first-order valence-electron chi connectivity index (χ1n) is 7.81. The summed E-state index contributed by atoms with van der Waals surface area (Å²) in [5.74, 6) is -0.909. The van der Waals surface area contributed by atoms with Gasteiger partial charge in [-0.3, -0.25) is 14.9 Å². The predicted molar refractivity (Wildman–Crippen MR) is 86.5 cm³/mol. The smallest absolute Gasteiger partial charge is 0.322 e. The molecule has 25 heavy (non-hydrogen) atoms. The molecule has 10 heteroatoms. The van der Waals surface area contributed by atoms with Crippen LogP contribution in [0.2, 0.25) is 0 Å². The highest BCUT2D eigenvalue weighted by Gasteiger charge is 2.48. The first-order chi connectivity index (χ1) is 11.7. The Hall–Kier alpha value is -2.49. The molecule has 1 aliphatic heterocycles. The molecule has 1 spiro atoms. The molecule has 9 nitrogen and oxygen atoms in total. The molecule has 0 aromatic carbocycles. The first kappa shape index (κ1) is 17.3. The van der Waals surface area contributed by atoms with Crippen LogP contribution in [0, 0.1) is 0 Å². The van der Waals surface area contributed by atoms with E-state index in [1.807, 2.05) is 0 Å². The summed E-state index contributed by atoms with van der Waals surface area (Å²) >= 11 is 0. The Labute approximate surface area is 144 Å². The Balaban J connectivity index is 1.68. The van der Waals surface area contributed by atoms with Crippen LogP contribution in [0.3, 0.4) is 0 Å². The number of sulfone groups is 1. The lowest BCUT2D eigenvalue weighted by molar-refractivity contribution is -0.125. The summed E-state index contributed by atoms with van der Waals surface area (Å²) in [6.07, 6.45) is 4.15. The van der Waals surface area contributed by atoms with Crippen molar-refractivity contribution in [1.29, 1.82) is 0 Å². The number of hydrogen-bond acceptors (Lipinski definition) is 6. The van der Waals surface area contributed by atoms with Crippen molar-refractivity contribution in [1.82, 2.24) is 20.9 Å². The van der Waals surface area contributed by atoms with Gasteiger partial charge in [0.15, 0.2) is 9.84 Å². The zero-order valence-electron chi connectivity index (χ0n) is 13.5. The molecule has 1 saturated heterocycles. The Kier molecular flexibility index (Phi) is 4.23. The maximum absolute atomic E-state index is 12.4. The lowest BCUT2D eigenvalue weighted by Crippen LogP contribution is -2.52. The van der Waals surface area contributed by atoms with Crippen LogP contribution in [0.1, 0.15) is 36.2 Å². The monoisotopic (exact) mass is 366 g/mol. The van der Waals surface area contributed by atoms with Gasteiger partial charge in [-0.1, -0.05) is 0 Å².